The van der Waals surface area contributed by atoms with E-state index in [-0.39, 0.29) is 17.6 Å². The van der Waals surface area contributed by atoms with Crippen molar-refractivity contribution in [3.8, 4) is 0 Å². The molecule has 23 heavy (non-hydrogen) atoms. The Kier molecular flexibility index (Phi) is 4.24. The Morgan fingerprint density at radius 2 is 1.96 bits per heavy atom. The first kappa shape index (κ1) is 15.4. The standard InChI is InChI=1S/C19H19FN2O/c1-3-12(2)17-19(23)21-16-10-9-14(20)11-15(16)18(22-17)13-7-5-4-6-8-13/h4-12,17H,3H2,1-2H3,(H,21,23)/t12-,17?/m0/s1. The summed E-state index contributed by atoms with van der Waals surface area (Å²) in [5.41, 5.74) is 2.76. The van der Waals surface area contributed by atoms with Gasteiger partial charge in [-0.1, -0.05) is 50.6 Å². The van der Waals surface area contributed by atoms with Crippen LogP contribution in [-0.2, 0) is 4.79 Å². The largest absolute Gasteiger partial charge is 0.324 e. The Labute approximate surface area is 135 Å². The molecule has 1 aliphatic rings. The van der Waals surface area contributed by atoms with Crippen molar-refractivity contribution in [1.82, 2.24) is 0 Å². The lowest BCUT2D eigenvalue weighted by Crippen LogP contribution is -2.31. The number of nitrogens with one attached hydrogen (secondary N) is 1. The summed E-state index contributed by atoms with van der Waals surface area (Å²) in [5, 5.41) is 2.89. The highest BCUT2D eigenvalue weighted by atomic mass is 19.1. The molecule has 118 valence electrons. The summed E-state index contributed by atoms with van der Waals surface area (Å²) >= 11 is 0. The zero-order valence-corrected chi connectivity index (χ0v) is 13.2. The van der Waals surface area contributed by atoms with Gasteiger partial charge in [0.15, 0.2) is 0 Å². The summed E-state index contributed by atoms with van der Waals surface area (Å²) in [6.07, 6.45) is 0.842. The number of fused-ring (bicyclic) bond motifs is 1. The van der Waals surface area contributed by atoms with Crippen LogP contribution in [0.3, 0.4) is 0 Å². The van der Waals surface area contributed by atoms with Crippen molar-refractivity contribution in [1.29, 1.82) is 0 Å². The molecule has 1 aliphatic heterocycles. The molecule has 1 unspecified atom stereocenters. The molecule has 3 rings (SSSR count). The van der Waals surface area contributed by atoms with Crippen LogP contribution in [0.25, 0.3) is 0 Å². The first-order chi connectivity index (χ1) is 11.1. The van der Waals surface area contributed by atoms with Crippen molar-refractivity contribution < 1.29 is 9.18 Å². The van der Waals surface area contributed by atoms with Gasteiger partial charge < -0.3 is 5.32 Å². The number of hydrogen-bond donors (Lipinski definition) is 1. The van der Waals surface area contributed by atoms with Gasteiger partial charge in [-0.25, -0.2) is 4.39 Å². The molecule has 0 saturated carbocycles. The highest BCUT2D eigenvalue weighted by molar-refractivity contribution is 6.19. The molecular formula is C19H19FN2O. The van der Waals surface area contributed by atoms with Crippen molar-refractivity contribution in [3.05, 3.63) is 65.5 Å². The van der Waals surface area contributed by atoms with E-state index in [0.717, 1.165) is 12.0 Å². The fourth-order valence-corrected chi connectivity index (χ4v) is 2.73. The Balaban J connectivity index is 2.21. The van der Waals surface area contributed by atoms with Gasteiger partial charge in [-0.05, 0) is 24.1 Å². The Morgan fingerprint density at radius 3 is 2.65 bits per heavy atom. The van der Waals surface area contributed by atoms with E-state index in [4.69, 9.17) is 4.99 Å². The average molecular weight is 310 g/mol. The molecule has 4 heteroatoms. The lowest BCUT2D eigenvalue weighted by molar-refractivity contribution is -0.118. The molecule has 3 nitrogen and oxygen atoms in total. The van der Waals surface area contributed by atoms with E-state index >= 15 is 0 Å². The van der Waals surface area contributed by atoms with E-state index in [1.807, 2.05) is 44.2 Å². The van der Waals surface area contributed by atoms with Crippen LogP contribution in [0.15, 0.2) is 53.5 Å². The maximum absolute atomic E-state index is 13.8. The third kappa shape index (κ3) is 3.02. The van der Waals surface area contributed by atoms with E-state index < -0.39 is 6.04 Å². The van der Waals surface area contributed by atoms with E-state index in [1.165, 1.54) is 12.1 Å². The highest BCUT2D eigenvalue weighted by Crippen LogP contribution is 2.27. The number of anilines is 1. The number of benzene rings is 2. The molecule has 0 saturated heterocycles. The zero-order chi connectivity index (χ0) is 16.4. The Morgan fingerprint density at radius 1 is 1.22 bits per heavy atom. The second-order valence-corrected chi connectivity index (χ2v) is 5.85. The fourth-order valence-electron chi connectivity index (χ4n) is 2.73. The number of aliphatic imine (C=N–C) groups is 1. The zero-order valence-electron chi connectivity index (χ0n) is 13.2. The number of rotatable bonds is 3. The van der Waals surface area contributed by atoms with Gasteiger partial charge in [0.2, 0.25) is 5.91 Å². The quantitative estimate of drug-likeness (QED) is 0.913. The van der Waals surface area contributed by atoms with Crippen LogP contribution in [0.1, 0.15) is 31.4 Å². The SMILES string of the molecule is CC[C@H](C)C1N=C(c2ccccc2)c2cc(F)ccc2NC1=O. The van der Waals surface area contributed by atoms with Crippen LogP contribution in [0, 0.1) is 11.7 Å². The lowest BCUT2D eigenvalue weighted by Gasteiger charge is -2.17. The predicted molar refractivity (Wildman–Crippen MR) is 90.4 cm³/mol. The predicted octanol–water partition coefficient (Wildman–Crippen LogP) is 4.03. The third-order valence-electron chi connectivity index (χ3n) is 4.26. The third-order valence-corrected chi connectivity index (χ3v) is 4.26. The monoisotopic (exact) mass is 310 g/mol. The van der Waals surface area contributed by atoms with Gasteiger partial charge in [0.25, 0.3) is 0 Å². The molecular weight excluding hydrogens is 291 g/mol. The summed E-state index contributed by atoms with van der Waals surface area (Å²) in [7, 11) is 0. The molecule has 2 atom stereocenters. The van der Waals surface area contributed by atoms with Crippen molar-refractivity contribution in [2.24, 2.45) is 10.9 Å². The molecule has 0 spiro atoms. The topological polar surface area (TPSA) is 41.5 Å². The molecule has 1 N–H and O–H groups in total. The number of carbonyl (C=O) groups excluding carboxylic acids is 1. The maximum Gasteiger partial charge on any atom is 0.249 e. The van der Waals surface area contributed by atoms with Gasteiger partial charge in [-0.3, -0.25) is 9.79 Å². The van der Waals surface area contributed by atoms with Crippen molar-refractivity contribution in [3.63, 3.8) is 0 Å². The van der Waals surface area contributed by atoms with Crippen LogP contribution in [0.2, 0.25) is 0 Å². The van der Waals surface area contributed by atoms with Gasteiger partial charge in [0.1, 0.15) is 11.9 Å². The molecule has 0 fully saturated rings. The maximum atomic E-state index is 13.8. The highest BCUT2D eigenvalue weighted by Gasteiger charge is 2.29. The Bertz CT molecular complexity index is 755. The normalized spacial score (nSPS) is 18.5. The number of halogens is 1. The van der Waals surface area contributed by atoms with Crippen molar-refractivity contribution in [2.75, 3.05) is 5.32 Å². The van der Waals surface area contributed by atoms with Crippen LogP contribution in [0.4, 0.5) is 10.1 Å². The summed E-state index contributed by atoms with van der Waals surface area (Å²) in [4.78, 5) is 17.2. The van der Waals surface area contributed by atoms with Gasteiger partial charge in [0, 0.05) is 11.1 Å². The lowest BCUT2D eigenvalue weighted by atomic mass is 9.98. The van der Waals surface area contributed by atoms with Crippen LogP contribution in [-0.4, -0.2) is 17.7 Å². The fraction of sp³-hybridized carbons (Fsp3) is 0.263. The number of nitrogens with zero attached hydrogens (tertiary/aromatic N) is 1. The van der Waals surface area contributed by atoms with Crippen LogP contribution < -0.4 is 5.32 Å². The summed E-state index contributed by atoms with van der Waals surface area (Å²) in [6, 6.07) is 13.5. The van der Waals surface area contributed by atoms with E-state index in [0.29, 0.717) is 17.0 Å². The van der Waals surface area contributed by atoms with Crippen LogP contribution >= 0.6 is 0 Å². The van der Waals surface area contributed by atoms with Gasteiger partial charge >= 0.3 is 0 Å². The van der Waals surface area contributed by atoms with Gasteiger partial charge in [-0.15, -0.1) is 0 Å². The smallest absolute Gasteiger partial charge is 0.249 e. The van der Waals surface area contributed by atoms with Crippen molar-refractivity contribution >= 4 is 17.3 Å². The molecule has 0 radical (unpaired) electrons. The average Bonchev–Trinajstić information content (AvgIpc) is 2.71. The van der Waals surface area contributed by atoms with Crippen LogP contribution in [0.5, 0.6) is 0 Å². The minimum Gasteiger partial charge on any atom is -0.324 e. The van der Waals surface area contributed by atoms with E-state index in [2.05, 4.69) is 5.32 Å². The molecule has 2 aromatic rings. The second-order valence-electron chi connectivity index (χ2n) is 5.85. The van der Waals surface area contributed by atoms with E-state index in [1.54, 1.807) is 6.07 Å². The summed E-state index contributed by atoms with van der Waals surface area (Å²) < 4.78 is 13.8. The summed E-state index contributed by atoms with van der Waals surface area (Å²) in [6.45, 7) is 4.04. The molecule has 1 amide bonds. The van der Waals surface area contributed by atoms with Crippen molar-refractivity contribution in [2.45, 2.75) is 26.3 Å². The van der Waals surface area contributed by atoms with Gasteiger partial charge in [0.05, 0.1) is 11.4 Å². The first-order valence-electron chi connectivity index (χ1n) is 7.84. The minimum atomic E-state index is -0.481. The molecule has 1 heterocycles. The minimum absolute atomic E-state index is 0.105. The molecule has 0 aromatic heterocycles. The number of carbonyl (C=O) groups is 1. The second kappa shape index (κ2) is 6.32. The molecule has 2 aromatic carbocycles. The number of benzodiazepines with no additional fused rings is 1. The Hall–Kier alpha value is -2.49. The number of amides is 1. The number of hydrogen-bond acceptors (Lipinski definition) is 2. The van der Waals surface area contributed by atoms with Gasteiger partial charge in [-0.2, -0.15) is 0 Å². The van der Waals surface area contributed by atoms with E-state index in [9.17, 15) is 9.18 Å². The molecule has 0 bridgehead atoms. The molecule has 0 aliphatic carbocycles. The first-order valence-corrected chi connectivity index (χ1v) is 7.84. The summed E-state index contributed by atoms with van der Waals surface area (Å²) in [5.74, 6) is -0.380.